The van der Waals surface area contributed by atoms with Crippen molar-refractivity contribution in [3.05, 3.63) is 118 Å². The van der Waals surface area contributed by atoms with Gasteiger partial charge in [-0.2, -0.15) is 0 Å². The minimum absolute atomic E-state index is 0.0913. The number of hydrogen-bond acceptors (Lipinski definition) is 4. The lowest BCUT2D eigenvalue weighted by atomic mass is 9.91. The first-order valence-corrected chi connectivity index (χ1v) is 9.45. The van der Waals surface area contributed by atoms with E-state index in [2.05, 4.69) is 0 Å². The van der Waals surface area contributed by atoms with E-state index in [4.69, 9.17) is 11.6 Å². The van der Waals surface area contributed by atoms with E-state index >= 15 is 0 Å². The molecule has 0 radical (unpaired) electrons. The second kappa shape index (κ2) is 7.89. The largest absolute Gasteiger partial charge is 0.287 e. The Morgan fingerprint density at radius 3 is 1.47 bits per heavy atom. The molecule has 0 unspecified atom stereocenters. The fourth-order valence-corrected chi connectivity index (χ4v) is 3.52. The minimum Gasteiger partial charge on any atom is -0.287 e. The number of amides is 2. The number of benzene rings is 3. The van der Waals surface area contributed by atoms with Crippen LogP contribution in [0.25, 0.3) is 0 Å². The van der Waals surface area contributed by atoms with Crippen molar-refractivity contribution in [3.8, 4) is 0 Å². The van der Waals surface area contributed by atoms with E-state index in [0.29, 0.717) is 4.90 Å². The van der Waals surface area contributed by atoms with Crippen LogP contribution in [0.5, 0.6) is 0 Å². The van der Waals surface area contributed by atoms with E-state index in [0.717, 1.165) is 0 Å². The summed E-state index contributed by atoms with van der Waals surface area (Å²) >= 11 is 6.28. The molecule has 0 saturated heterocycles. The number of Topliss-reactive ketones (excluding diaryl/α,β-unsaturated/α-hetero) is 2. The summed E-state index contributed by atoms with van der Waals surface area (Å²) in [4.78, 5) is 53.4. The summed E-state index contributed by atoms with van der Waals surface area (Å²) < 4.78 is 0. The second-order valence-corrected chi connectivity index (χ2v) is 6.92. The van der Waals surface area contributed by atoms with Crippen molar-refractivity contribution < 1.29 is 19.2 Å². The molecule has 1 aliphatic rings. The molecular formula is C24H14ClNO4. The van der Waals surface area contributed by atoms with Crippen molar-refractivity contribution in [2.24, 2.45) is 0 Å². The molecule has 3 aromatic carbocycles. The Balaban J connectivity index is 1.91. The number of nitrogens with zero attached hydrogens (tertiary/aromatic N) is 1. The molecule has 0 atom stereocenters. The lowest BCUT2D eigenvalue weighted by Crippen LogP contribution is -2.41. The van der Waals surface area contributed by atoms with Gasteiger partial charge >= 0.3 is 0 Å². The number of allylic oxidation sites excluding steroid dienone is 2. The lowest BCUT2D eigenvalue weighted by Gasteiger charge is -2.27. The monoisotopic (exact) mass is 415 g/mol. The highest BCUT2D eigenvalue weighted by Gasteiger charge is 2.40. The first kappa shape index (κ1) is 19.5. The number of imide groups is 1. The van der Waals surface area contributed by atoms with Gasteiger partial charge in [0.1, 0.15) is 10.7 Å². The summed E-state index contributed by atoms with van der Waals surface area (Å²) in [5.74, 6) is -2.78. The van der Waals surface area contributed by atoms with Crippen molar-refractivity contribution in [1.82, 2.24) is 4.90 Å². The van der Waals surface area contributed by atoms with Gasteiger partial charge in [0, 0.05) is 22.3 Å². The number of ketones is 2. The first-order chi connectivity index (χ1) is 14.5. The molecule has 0 aliphatic heterocycles. The highest BCUT2D eigenvalue weighted by atomic mass is 35.5. The summed E-state index contributed by atoms with van der Waals surface area (Å²) in [6, 6.07) is 22.2. The van der Waals surface area contributed by atoms with Gasteiger partial charge in [-0.15, -0.1) is 0 Å². The van der Waals surface area contributed by atoms with Crippen LogP contribution in [0.4, 0.5) is 0 Å². The number of rotatable bonds is 3. The summed E-state index contributed by atoms with van der Waals surface area (Å²) in [5.41, 5.74) is 0.142. The highest BCUT2D eigenvalue weighted by molar-refractivity contribution is 6.50. The minimum atomic E-state index is -0.752. The molecule has 0 saturated carbocycles. The Hall–Kier alpha value is -3.83. The van der Waals surface area contributed by atoms with Crippen LogP contribution in [-0.4, -0.2) is 28.3 Å². The third-order valence-electron chi connectivity index (χ3n) is 4.71. The van der Waals surface area contributed by atoms with Gasteiger partial charge in [-0.25, -0.2) is 4.90 Å². The Kier molecular flexibility index (Phi) is 5.12. The molecule has 0 N–H and O–H groups in total. The van der Waals surface area contributed by atoms with E-state index in [-0.39, 0.29) is 22.3 Å². The molecule has 146 valence electrons. The number of carbonyl (C=O) groups is 4. The van der Waals surface area contributed by atoms with Crippen LogP contribution in [0.15, 0.2) is 95.7 Å². The van der Waals surface area contributed by atoms with Gasteiger partial charge in [0.05, 0.1) is 0 Å². The summed E-state index contributed by atoms with van der Waals surface area (Å²) in [6.45, 7) is 0. The molecule has 6 heteroatoms. The van der Waals surface area contributed by atoms with Gasteiger partial charge in [0.15, 0.2) is 0 Å². The average molecular weight is 416 g/mol. The maximum absolute atomic E-state index is 13.3. The van der Waals surface area contributed by atoms with Crippen LogP contribution >= 0.6 is 11.6 Å². The van der Waals surface area contributed by atoms with E-state index in [1.165, 1.54) is 36.4 Å². The molecular weight excluding hydrogens is 402 g/mol. The summed E-state index contributed by atoms with van der Waals surface area (Å²) in [7, 11) is 0. The van der Waals surface area contributed by atoms with Crippen molar-refractivity contribution in [2.75, 3.05) is 0 Å². The zero-order valence-corrected chi connectivity index (χ0v) is 16.3. The predicted molar refractivity (Wildman–Crippen MR) is 111 cm³/mol. The Labute approximate surface area is 177 Å². The number of fused-ring (bicyclic) bond motifs is 1. The van der Waals surface area contributed by atoms with Crippen LogP contribution in [0.1, 0.15) is 41.4 Å². The fourth-order valence-electron chi connectivity index (χ4n) is 3.25. The third kappa shape index (κ3) is 3.25. The molecule has 0 bridgehead atoms. The van der Waals surface area contributed by atoms with Crippen LogP contribution in [0.3, 0.4) is 0 Å². The first-order valence-electron chi connectivity index (χ1n) is 9.08. The standard InChI is InChI=1S/C24H14ClNO4/c25-19-20(22(28)18-14-8-7-13-17(18)21(19)27)26(23(29)15-9-3-1-4-10-15)24(30)16-11-5-2-6-12-16/h1-14H. The highest BCUT2D eigenvalue weighted by Crippen LogP contribution is 2.32. The normalized spacial score (nSPS) is 13.1. The van der Waals surface area contributed by atoms with Crippen molar-refractivity contribution in [3.63, 3.8) is 0 Å². The van der Waals surface area contributed by atoms with E-state index in [1.807, 2.05) is 0 Å². The van der Waals surface area contributed by atoms with Crippen LogP contribution < -0.4 is 0 Å². The van der Waals surface area contributed by atoms with Gasteiger partial charge in [-0.1, -0.05) is 72.3 Å². The number of halogens is 1. The maximum Gasteiger partial charge on any atom is 0.265 e. The molecule has 5 nitrogen and oxygen atoms in total. The SMILES string of the molecule is O=C1C(Cl)=C(N(C(=O)c2ccccc2)C(=O)c2ccccc2)C(=O)c2ccccc21. The van der Waals surface area contributed by atoms with Gasteiger partial charge in [-0.3, -0.25) is 19.2 Å². The molecule has 2 amide bonds. The summed E-state index contributed by atoms with van der Waals surface area (Å²) in [6.07, 6.45) is 0. The lowest BCUT2D eigenvalue weighted by molar-refractivity contribution is 0.0641. The van der Waals surface area contributed by atoms with Crippen molar-refractivity contribution in [2.45, 2.75) is 0 Å². The van der Waals surface area contributed by atoms with E-state index < -0.39 is 34.1 Å². The second-order valence-electron chi connectivity index (χ2n) is 6.54. The van der Waals surface area contributed by atoms with E-state index in [9.17, 15) is 19.2 Å². The topological polar surface area (TPSA) is 71.5 Å². The van der Waals surface area contributed by atoms with Gasteiger partial charge < -0.3 is 0 Å². The molecule has 3 aromatic rings. The Bertz CT molecular complexity index is 1160. The van der Waals surface area contributed by atoms with Crippen molar-refractivity contribution in [1.29, 1.82) is 0 Å². The van der Waals surface area contributed by atoms with Crippen LogP contribution in [-0.2, 0) is 0 Å². The van der Waals surface area contributed by atoms with Crippen molar-refractivity contribution >= 4 is 35.0 Å². The molecule has 0 aromatic heterocycles. The zero-order chi connectivity index (χ0) is 21.3. The van der Waals surface area contributed by atoms with Crippen LogP contribution in [0.2, 0.25) is 0 Å². The number of hydrogen-bond donors (Lipinski definition) is 0. The predicted octanol–water partition coefficient (Wildman–Crippen LogP) is 4.50. The van der Waals surface area contributed by atoms with Gasteiger partial charge in [-0.05, 0) is 24.3 Å². The molecule has 0 fully saturated rings. The zero-order valence-electron chi connectivity index (χ0n) is 15.5. The molecule has 0 spiro atoms. The average Bonchev–Trinajstić information content (AvgIpc) is 2.80. The van der Waals surface area contributed by atoms with Crippen LogP contribution in [0, 0.1) is 0 Å². The van der Waals surface area contributed by atoms with E-state index in [1.54, 1.807) is 48.5 Å². The smallest absolute Gasteiger partial charge is 0.265 e. The number of carbonyl (C=O) groups excluding carboxylic acids is 4. The molecule has 4 rings (SSSR count). The molecule has 1 aliphatic carbocycles. The Morgan fingerprint density at radius 1 is 0.600 bits per heavy atom. The molecule has 30 heavy (non-hydrogen) atoms. The summed E-state index contributed by atoms with van der Waals surface area (Å²) in [5, 5.41) is -0.465. The molecule has 0 heterocycles. The fraction of sp³-hybridized carbons (Fsp3) is 0. The maximum atomic E-state index is 13.3. The van der Waals surface area contributed by atoms with Gasteiger partial charge in [0.2, 0.25) is 11.6 Å². The van der Waals surface area contributed by atoms with Gasteiger partial charge in [0.25, 0.3) is 11.8 Å². The third-order valence-corrected chi connectivity index (χ3v) is 5.06. The quantitative estimate of drug-likeness (QED) is 0.590. The Morgan fingerprint density at radius 2 is 1.00 bits per heavy atom.